The summed E-state index contributed by atoms with van der Waals surface area (Å²) in [6.45, 7) is 5.79. The van der Waals surface area contributed by atoms with E-state index in [2.05, 4.69) is 50.4 Å². The Bertz CT molecular complexity index is 1440. The van der Waals surface area contributed by atoms with Gasteiger partial charge in [0.05, 0.1) is 25.4 Å². The first-order valence-corrected chi connectivity index (χ1v) is 34.3. The molecule has 8 atom stereocenters. The fraction of sp³-hybridized carbons (Fsp3) is 0.884. The van der Waals surface area contributed by atoms with Crippen LogP contribution in [0.1, 0.15) is 329 Å². The third kappa shape index (κ3) is 44.4. The molecule has 11 nitrogen and oxygen atoms in total. The maximum atomic E-state index is 13.4. The van der Waals surface area contributed by atoms with Gasteiger partial charge in [-0.1, -0.05) is 301 Å². The SMILES string of the molecule is CCCCC/C=C\C/C=C\CCCCCCCCCCCCCCCCCCCC(=O)OC1C(OCC(NC(=O)C(O)CCCCCCCCCCCCCC)C(O)/C=C/CCCCCCCCCCCC)OC(CO)C(O)C1O. The average Bonchev–Trinajstić information content (AvgIpc) is 3.46. The third-order valence-corrected chi connectivity index (χ3v) is 16.3. The molecule has 11 heteroatoms. The monoisotopic (exact) mass is 1130 g/mol. The van der Waals surface area contributed by atoms with Crippen molar-refractivity contribution in [2.45, 2.75) is 378 Å². The van der Waals surface area contributed by atoms with Crippen LogP contribution in [-0.2, 0) is 23.8 Å². The van der Waals surface area contributed by atoms with Crippen molar-refractivity contribution in [2.75, 3.05) is 13.2 Å². The molecule has 0 saturated carbocycles. The first kappa shape index (κ1) is 75.9. The summed E-state index contributed by atoms with van der Waals surface area (Å²) in [5.41, 5.74) is 0. The standard InChI is InChI=1S/C69H129NO10/c1-4-7-10-13-16-19-22-25-26-27-28-29-30-31-32-33-34-35-36-37-38-39-42-45-48-51-54-57-64(74)80-67-66(76)65(75)63(58-71)79-69(67)78-59-60(61(72)55-52-49-46-43-40-23-20-17-14-11-8-5-2)70-68(77)62(73)56-53-50-47-44-41-24-21-18-15-12-9-6-3/h16,19,25-26,52,55,60-63,65-67,69,71-73,75-76H,4-15,17-18,20-24,27-51,53-54,56-59H2,1-3H3,(H,70,77)/b19-16-,26-25-,55-52+. The van der Waals surface area contributed by atoms with Crippen LogP contribution >= 0.6 is 0 Å². The van der Waals surface area contributed by atoms with Gasteiger partial charge >= 0.3 is 5.97 Å². The van der Waals surface area contributed by atoms with E-state index in [-0.39, 0.29) is 13.0 Å². The third-order valence-electron chi connectivity index (χ3n) is 16.3. The van der Waals surface area contributed by atoms with Crippen molar-refractivity contribution >= 4 is 11.9 Å². The summed E-state index contributed by atoms with van der Waals surface area (Å²) >= 11 is 0. The van der Waals surface area contributed by atoms with Crippen molar-refractivity contribution in [3.8, 4) is 0 Å². The molecule has 8 unspecified atom stereocenters. The van der Waals surface area contributed by atoms with Crippen molar-refractivity contribution in [1.29, 1.82) is 0 Å². The summed E-state index contributed by atoms with van der Waals surface area (Å²) in [6, 6.07) is -1.02. The molecule has 0 bridgehead atoms. The molecule has 80 heavy (non-hydrogen) atoms. The van der Waals surface area contributed by atoms with Gasteiger partial charge in [-0.3, -0.25) is 9.59 Å². The maximum Gasteiger partial charge on any atom is 0.306 e. The molecular formula is C69H129NO10. The zero-order valence-electron chi connectivity index (χ0n) is 52.2. The smallest absolute Gasteiger partial charge is 0.306 e. The van der Waals surface area contributed by atoms with Crippen molar-refractivity contribution in [2.24, 2.45) is 0 Å². The predicted molar refractivity (Wildman–Crippen MR) is 334 cm³/mol. The lowest BCUT2D eigenvalue weighted by Gasteiger charge is -2.41. The molecule has 1 saturated heterocycles. The molecule has 0 aromatic heterocycles. The van der Waals surface area contributed by atoms with E-state index in [0.29, 0.717) is 19.3 Å². The van der Waals surface area contributed by atoms with E-state index >= 15 is 0 Å². The number of ether oxygens (including phenoxy) is 3. The van der Waals surface area contributed by atoms with Crippen LogP contribution in [0.15, 0.2) is 36.5 Å². The second-order valence-electron chi connectivity index (χ2n) is 23.9. The molecular weight excluding hydrogens is 1000 g/mol. The maximum absolute atomic E-state index is 13.4. The first-order valence-electron chi connectivity index (χ1n) is 34.3. The van der Waals surface area contributed by atoms with Crippen LogP contribution in [-0.4, -0.2) is 99.6 Å². The van der Waals surface area contributed by atoms with Gasteiger partial charge in [-0.05, 0) is 57.8 Å². The number of allylic oxidation sites excluding steroid dienone is 5. The Labute approximate surface area is 492 Å². The number of amides is 1. The van der Waals surface area contributed by atoms with E-state index < -0.39 is 67.4 Å². The molecule has 6 N–H and O–H groups in total. The van der Waals surface area contributed by atoms with Crippen LogP contribution in [0.5, 0.6) is 0 Å². The molecule has 0 spiro atoms. The number of carbonyl (C=O) groups excluding carboxylic acids is 2. The fourth-order valence-electron chi connectivity index (χ4n) is 10.9. The van der Waals surface area contributed by atoms with E-state index in [4.69, 9.17) is 14.2 Å². The minimum atomic E-state index is -1.61. The van der Waals surface area contributed by atoms with E-state index in [1.807, 2.05) is 6.08 Å². The molecule has 0 radical (unpaired) electrons. The first-order chi connectivity index (χ1) is 39.2. The van der Waals surface area contributed by atoms with Crippen LogP contribution < -0.4 is 5.32 Å². The van der Waals surface area contributed by atoms with Gasteiger partial charge in [0.2, 0.25) is 5.91 Å². The summed E-state index contributed by atoms with van der Waals surface area (Å²) in [6.07, 6.45) is 59.1. The molecule has 1 fully saturated rings. The number of hydrogen-bond acceptors (Lipinski definition) is 10. The molecule has 1 aliphatic rings. The molecule has 0 aliphatic carbocycles. The highest BCUT2D eigenvalue weighted by Gasteiger charge is 2.47. The Kier molecular flexibility index (Phi) is 54.4. The van der Waals surface area contributed by atoms with E-state index in [1.54, 1.807) is 6.08 Å². The Morgan fingerprint density at radius 3 is 1.30 bits per heavy atom. The predicted octanol–water partition coefficient (Wildman–Crippen LogP) is 17.0. The zero-order chi connectivity index (χ0) is 58.2. The summed E-state index contributed by atoms with van der Waals surface area (Å²) in [5, 5.41) is 57.0. The number of aliphatic hydroxyl groups excluding tert-OH is 5. The number of carbonyl (C=O) groups is 2. The Morgan fingerprint density at radius 2 is 0.863 bits per heavy atom. The highest BCUT2D eigenvalue weighted by molar-refractivity contribution is 5.80. The summed E-state index contributed by atoms with van der Waals surface area (Å²) in [5.74, 6) is -1.18. The number of nitrogens with one attached hydrogen (secondary N) is 1. The quantitative estimate of drug-likeness (QED) is 0.0195. The Hall–Kier alpha value is -2.12. The lowest BCUT2D eigenvalue weighted by molar-refractivity contribution is -0.305. The van der Waals surface area contributed by atoms with Gasteiger partial charge in [0, 0.05) is 6.42 Å². The van der Waals surface area contributed by atoms with Gasteiger partial charge in [-0.25, -0.2) is 0 Å². The minimum absolute atomic E-state index is 0.128. The van der Waals surface area contributed by atoms with E-state index in [9.17, 15) is 35.1 Å². The van der Waals surface area contributed by atoms with Crippen molar-refractivity contribution < 1.29 is 49.3 Å². The number of unbranched alkanes of at least 4 members (excludes halogenated alkanes) is 41. The number of esters is 1. The molecule has 0 aromatic rings. The van der Waals surface area contributed by atoms with Gasteiger partial charge in [0.15, 0.2) is 12.4 Å². The summed E-state index contributed by atoms with van der Waals surface area (Å²) in [7, 11) is 0. The summed E-state index contributed by atoms with van der Waals surface area (Å²) in [4.78, 5) is 26.6. The van der Waals surface area contributed by atoms with E-state index in [1.165, 1.54) is 218 Å². The molecule has 470 valence electrons. The Morgan fingerprint density at radius 1 is 0.487 bits per heavy atom. The molecule has 1 aliphatic heterocycles. The molecule has 1 heterocycles. The lowest BCUT2D eigenvalue weighted by atomic mass is 9.99. The normalized spacial score (nSPS) is 18.9. The second kappa shape index (κ2) is 57.3. The van der Waals surface area contributed by atoms with Crippen LogP contribution in [0.4, 0.5) is 0 Å². The fourth-order valence-corrected chi connectivity index (χ4v) is 10.9. The zero-order valence-corrected chi connectivity index (χ0v) is 52.2. The molecule has 0 aromatic carbocycles. The number of aliphatic hydroxyl groups is 5. The van der Waals surface area contributed by atoms with Gasteiger partial charge in [0.25, 0.3) is 0 Å². The van der Waals surface area contributed by atoms with Crippen LogP contribution in [0.3, 0.4) is 0 Å². The second-order valence-corrected chi connectivity index (χ2v) is 23.9. The van der Waals surface area contributed by atoms with Crippen molar-refractivity contribution in [1.82, 2.24) is 5.32 Å². The largest absolute Gasteiger partial charge is 0.454 e. The summed E-state index contributed by atoms with van der Waals surface area (Å²) < 4.78 is 17.7. The highest BCUT2D eigenvalue weighted by atomic mass is 16.7. The number of hydrogen-bond donors (Lipinski definition) is 6. The van der Waals surface area contributed by atoms with E-state index in [0.717, 1.165) is 64.2 Å². The van der Waals surface area contributed by atoms with Crippen molar-refractivity contribution in [3.63, 3.8) is 0 Å². The Balaban J connectivity index is 2.51. The van der Waals surface area contributed by atoms with Gasteiger partial charge in [-0.15, -0.1) is 0 Å². The minimum Gasteiger partial charge on any atom is -0.454 e. The highest BCUT2D eigenvalue weighted by Crippen LogP contribution is 2.26. The van der Waals surface area contributed by atoms with Gasteiger partial charge < -0.3 is 45.1 Å². The van der Waals surface area contributed by atoms with Gasteiger partial charge in [0.1, 0.15) is 24.4 Å². The van der Waals surface area contributed by atoms with Gasteiger partial charge in [-0.2, -0.15) is 0 Å². The number of rotatable bonds is 59. The van der Waals surface area contributed by atoms with Crippen molar-refractivity contribution in [3.05, 3.63) is 36.5 Å². The topological polar surface area (TPSA) is 175 Å². The molecule has 1 rings (SSSR count). The lowest BCUT2D eigenvalue weighted by Crippen LogP contribution is -2.61. The molecule has 1 amide bonds. The van der Waals surface area contributed by atoms with Crippen LogP contribution in [0, 0.1) is 0 Å². The van der Waals surface area contributed by atoms with Crippen LogP contribution in [0.25, 0.3) is 0 Å². The van der Waals surface area contributed by atoms with Crippen LogP contribution in [0.2, 0.25) is 0 Å². The average molecular weight is 1130 g/mol.